The molecule has 1 aromatic carbocycles. The Balaban J connectivity index is 1.61. The summed E-state index contributed by atoms with van der Waals surface area (Å²) in [6.45, 7) is 5.16. The van der Waals surface area contributed by atoms with Crippen LogP contribution < -0.4 is 0 Å². The molecule has 0 radical (unpaired) electrons. The number of hydrogen-bond acceptors (Lipinski definition) is 2. The fourth-order valence-corrected chi connectivity index (χ4v) is 3.54. The van der Waals surface area contributed by atoms with Crippen LogP contribution in [0.15, 0.2) is 18.2 Å². The Hall–Kier alpha value is -1.06. The largest absolute Gasteiger partial charge is 0.342 e. The number of likely N-dealkylation sites (tertiary alicyclic amines) is 2. The lowest BCUT2D eigenvalue weighted by atomic mass is 10.1. The maximum absolute atomic E-state index is 12.2. The number of nitrogens with zero attached hydrogens (tertiary/aromatic N) is 2. The first kappa shape index (κ1) is 14.9. The summed E-state index contributed by atoms with van der Waals surface area (Å²) in [5.74, 6) is 0.210. The van der Waals surface area contributed by atoms with Crippen molar-refractivity contribution in [3.8, 4) is 0 Å². The third kappa shape index (κ3) is 3.78. The van der Waals surface area contributed by atoms with Gasteiger partial charge >= 0.3 is 0 Å². The predicted molar refractivity (Wildman–Crippen MR) is 85.5 cm³/mol. The molecule has 4 heteroatoms. The van der Waals surface area contributed by atoms with E-state index in [9.17, 15) is 4.79 Å². The molecule has 0 spiro atoms. The van der Waals surface area contributed by atoms with E-state index in [-0.39, 0.29) is 5.91 Å². The maximum Gasteiger partial charge on any atom is 0.227 e. The molecule has 0 bridgehead atoms. The Kier molecular flexibility index (Phi) is 4.81. The highest BCUT2D eigenvalue weighted by molar-refractivity contribution is 6.31. The highest BCUT2D eigenvalue weighted by Gasteiger charge is 2.19. The Morgan fingerprint density at radius 2 is 1.71 bits per heavy atom. The van der Waals surface area contributed by atoms with Crippen LogP contribution in [0.4, 0.5) is 0 Å². The Morgan fingerprint density at radius 1 is 1.05 bits per heavy atom. The summed E-state index contributed by atoms with van der Waals surface area (Å²) < 4.78 is 0. The van der Waals surface area contributed by atoms with Crippen molar-refractivity contribution in [2.24, 2.45) is 0 Å². The minimum absolute atomic E-state index is 0.210. The van der Waals surface area contributed by atoms with E-state index in [1.165, 1.54) is 31.5 Å². The average molecular weight is 307 g/mol. The molecule has 2 fully saturated rings. The Labute approximate surface area is 131 Å². The number of amides is 1. The van der Waals surface area contributed by atoms with Crippen molar-refractivity contribution in [3.63, 3.8) is 0 Å². The topological polar surface area (TPSA) is 23.6 Å². The first-order valence-corrected chi connectivity index (χ1v) is 8.37. The molecule has 3 rings (SSSR count). The summed E-state index contributed by atoms with van der Waals surface area (Å²) in [7, 11) is 0. The van der Waals surface area contributed by atoms with Gasteiger partial charge in [0, 0.05) is 24.7 Å². The molecule has 21 heavy (non-hydrogen) atoms. The molecule has 0 saturated carbocycles. The van der Waals surface area contributed by atoms with Crippen LogP contribution in [0.1, 0.15) is 36.8 Å². The molecule has 2 saturated heterocycles. The van der Waals surface area contributed by atoms with Gasteiger partial charge in [0.25, 0.3) is 0 Å². The summed E-state index contributed by atoms with van der Waals surface area (Å²) in [5, 5.41) is 0.735. The lowest BCUT2D eigenvalue weighted by Gasteiger charge is -2.17. The zero-order valence-corrected chi connectivity index (χ0v) is 13.2. The monoisotopic (exact) mass is 306 g/mol. The normalized spacial score (nSPS) is 19.4. The lowest BCUT2D eigenvalue weighted by Crippen LogP contribution is -2.29. The predicted octanol–water partition coefficient (Wildman–Crippen LogP) is 3.10. The van der Waals surface area contributed by atoms with Gasteiger partial charge in [0.05, 0.1) is 6.42 Å². The van der Waals surface area contributed by atoms with Crippen LogP contribution >= 0.6 is 11.6 Å². The van der Waals surface area contributed by atoms with E-state index in [0.717, 1.165) is 43.1 Å². The van der Waals surface area contributed by atoms with Crippen molar-refractivity contribution in [1.82, 2.24) is 9.80 Å². The standard InChI is InChI=1S/C17H23ClN2O/c18-16-11-14(13-19-7-1-2-8-19)5-6-15(16)12-17(21)20-9-3-4-10-20/h5-6,11H,1-4,7-10,12-13H2. The van der Waals surface area contributed by atoms with E-state index in [4.69, 9.17) is 11.6 Å². The molecule has 2 aliphatic heterocycles. The summed E-state index contributed by atoms with van der Waals surface area (Å²) in [6, 6.07) is 6.19. The zero-order chi connectivity index (χ0) is 14.7. The molecule has 3 nitrogen and oxygen atoms in total. The van der Waals surface area contributed by atoms with E-state index >= 15 is 0 Å². The van der Waals surface area contributed by atoms with Gasteiger partial charge in [0.2, 0.25) is 5.91 Å². The molecular weight excluding hydrogens is 284 g/mol. The van der Waals surface area contributed by atoms with E-state index in [1.54, 1.807) is 0 Å². The van der Waals surface area contributed by atoms with Crippen LogP contribution in [0.3, 0.4) is 0 Å². The zero-order valence-electron chi connectivity index (χ0n) is 12.5. The fraction of sp³-hybridized carbons (Fsp3) is 0.588. The lowest BCUT2D eigenvalue weighted by molar-refractivity contribution is -0.129. The van der Waals surface area contributed by atoms with Gasteiger partial charge in [-0.05, 0) is 56.0 Å². The van der Waals surface area contributed by atoms with Gasteiger partial charge < -0.3 is 4.90 Å². The van der Waals surface area contributed by atoms with Crippen molar-refractivity contribution in [2.45, 2.75) is 38.6 Å². The van der Waals surface area contributed by atoms with Crippen LogP contribution in [0.25, 0.3) is 0 Å². The van der Waals surface area contributed by atoms with Gasteiger partial charge in [0.1, 0.15) is 0 Å². The average Bonchev–Trinajstić information content (AvgIpc) is 3.14. The summed E-state index contributed by atoms with van der Waals surface area (Å²) in [4.78, 5) is 16.6. The van der Waals surface area contributed by atoms with E-state index in [1.807, 2.05) is 17.0 Å². The molecule has 0 N–H and O–H groups in total. The van der Waals surface area contributed by atoms with Gasteiger partial charge in [-0.15, -0.1) is 0 Å². The SMILES string of the molecule is O=C(Cc1ccc(CN2CCCC2)cc1Cl)N1CCCC1. The van der Waals surface area contributed by atoms with Crippen LogP contribution in [0, 0.1) is 0 Å². The Bertz CT molecular complexity index is 506. The molecule has 2 heterocycles. The molecule has 1 amide bonds. The highest BCUT2D eigenvalue weighted by Crippen LogP contribution is 2.22. The molecule has 2 aliphatic rings. The minimum atomic E-state index is 0.210. The smallest absolute Gasteiger partial charge is 0.227 e. The molecular formula is C17H23ClN2O. The summed E-state index contributed by atoms with van der Waals surface area (Å²) in [6.07, 6.45) is 5.30. The van der Waals surface area contributed by atoms with Crippen LogP contribution in [0.2, 0.25) is 5.02 Å². The third-order valence-corrected chi connectivity index (χ3v) is 4.87. The number of carbonyl (C=O) groups is 1. The van der Waals surface area contributed by atoms with Crippen molar-refractivity contribution in [2.75, 3.05) is 26.2 Å². The third-order valence-electron chi connectivity index (χ3n) is 4.52. The van der Waals surface area contributed by atoms with Crippen LogP contribution in [0.5, 0.6) is 0 Å². The van der Waals surface area contributed by atoms with Gasteiger partial charge in [-0.3, -0.25) is 9.69 Å². The summed E-state index contributed by atoms with van der Waals surface area (Å²) in [5.41, 5.74) is 2.21. The molecule has 1 aromatic rings. The van der Waals surface area contributed by atoms with Crippen LogP contribution in [-0.2, 0) is 17.8 Å². The fourth-order valence-electron chi connectivity index (χ4n) is 3.27. The molecule has 0 aliphatic carbocycles. The molecule has 114 valence electrons. The van der Waals surface area contributed by atoms with Crippen molar-refractivity contribution in [1.29, 1.82) is 0 Å². The number of hydrogen-bond donors (Lipinski definition) is 0. The maximum atomic E-state index is 12.2. The minimum Gasteiger partial charge on any atom is -0.342 e. The van der Waals surface area contributed by atoms with E-state index in [0.29, 0.717) is 6.42 Å². The number of rotatable bonds is 4. The first-order valence-electron chi connectivity index (χ1n) is 8.00. The van der Waals surface area contributed by atoms with Gasteiger partial charge in [-0.1, -0.05) is 23.7 Å². The Morgan fingerprint density at radius 3 is 2.38 bits per heavy atom. The number of halogens is 1. The van der Waals surface area contributed by atoms with Gasteiger partial charge in [0.15, 0.2) is 0 Å². The first-order chi connectivity index (χ1) is 10.2. The van der Waals surface area contributed by atoms with Gasteiger partial charge in [-0.2, -0.15) is 0 Å². The molecule has 0 atom stereocenters. The number of benzene rings is 1. The van der Waals surface area contributed by atoms with Crippen LogP contribution in [-0.4, -0.2) is 41.9 Å². The quantitative estimate of drug-likeness (QED) is 0.853. The van der Waals surface area contributed by atoms with Crippen molar-refractivity contribution >= 4 is 17.5 Å². The van der Waals surface area contributed by atoms with Gasteiger partial charge in [-0.25, -0.2) is 0 Å². The van der Waals surface area contributed by atoms with E-state index < -0.39 is 0 Å². The molecule has 0 aromatic heterocycles. The van der Waals surface area contributed by atoms with Crippen molar-refractivity contribution in [3.05, 3.63) is 34.3 Å². The number of carbonyl (C=O) groups excluding carboxylic acids is 1. The second-order valence-electron chi connectivity index (χ2n) is 6.17. The second kappa shape index (κ2) is 6.80. The molecule has 0 unspecified atom stereocenters. The van der Waals surface area contributed by atoms with E-state index in [2.05, 4.69) is 11.0 Å². The second-order valence-corrected chi connectivity index (χ2v) is 6.58. The van der Waals surface area contributed by atoms with Crippen molar-refractivity contribution < 1.29 is 4.79 Å². The summed E-state index contributed by atoms with van der Waals surface area (Å²) >= 11 is 6.38. The highest BCUT2D eigenvalue weighted by atomic mass is 35.5.